The molecule has 1 N–H and O–H groups in total. The maximum absolute atomic E-state index is 5.35. The van der Waals surface area contributed by atoms with Gasteiger partial charge in [0, 0.05) is 17.8 Å². The Balaban J connectivity index is 2.91. The molecule has 0 aliphatic rings. The van der Waals surface area contributed by atoms with Gasteiger partial charge in [-0.2, -0.15) is 0 Å². The van der Waals surface area contributed by atoms with Crippen molar-refractivity contribution in [3.8, 4) is 5.75 Å². The Morgan fingerprint density at radius 1 is 1.44 bits per heavy atom. The lowest BCUT2D eigenvalue weighted by Gasteiger charge is -2.24. The molecule has 1 aromatic rings. The second-order valence-corrected chi connectivity index (χ2v) is 4.29. The summed E-state index contributed by atoms with van der Waals surface area (Å²) in [6.45, 7) is 7.63. The zero-order valence-electron chi connectivity index (χ0n) is 10.7. The van der Waals surface area contributed by atoms with Gasteiger partial charge in [-0.05, 0) is 24.9 Å². The van der Waals surface area contributed by atoms with E-state index in [1.165, 1.54) is 5.56 Å². The third-order valence-electron chi connectivity index (χ3n) is 2.65. The zero-order chi connectivity index (χ0) is 12.0. The summed E-state index contributed by atoms with van der Waals surface area (Å²) in [5, 5.41) is 3.55. The van der Waals surface area contributed by atoms with Crippen LogP contribution in [0.1, 0.15) is 38.8 Å². The molecule has 0 aromatic carbocycles. The highest BCUT2D eigenvalue weighted by atomic mass is 16.5. The highest BCUT2D eigenvalue weighted by molar-refractivity contribution is 5.33. The Hall–Kier alpha value is -1.09. The van der Waals surface area contributed by atoms with E-state index >= 15 is 0 Å². The van der Waals surface area contributed by atoms with Gasteiger partial charge in [0.15, 0.2) is 0 Å². The molecule has 3 heteroatoms. The molecule has 90 valence electrons. The van der Waals surface area contributed by atoms with Crippen molar-refractivity contribution in [1.82, 2.24) is 10.3 Å². The van der Waals surface area contributed by atoms with Crippen LogP contribution in [0.15, 0.2) is 18.5 Å². The van der Waals surface area contributed by atoms with Crippen molar-refractivity contribution in [3.63, 3.8) is 0 Å². The number of rotatable bonds is 6. The van der Waals surface area contributed by atoms with E-state index in [2.05, 4.69) is 31.1 Å². The predicted molar refractivity (Wildman–Crippen MR) is 66.7 cm³/mol. The lowest BCUT2D eigenvalue weighted by atomic mass is 9.96. The second kappa shape index (κ2) is 6.48. The molecule has 1 atom stereocenters. The monoisotopic (exact) mass is 222 g/mol. The fourth-order valence-electron chi connectivity index (χ4n) is 1.82. The summed E-state index contributed by atoms with van der Waals surface area (Å²) in [4.78, 5) is 4.09. The number of methoxy groups -OCH3 is 1. The number of nitrogens with zero attached hydrogens (tertiary/aromatic N) is 1. The molecule has 0 aliphatic carbocycles. The van der Waals surface area contributed by atoms with E-state index in [4.69, 9.17) is 4.74 Å². The highest BCUT2D eigenvalue weighted by Gasteiger charge is 2.18. The van der Waals surface area contributed by atoms with Gasteiger partial charge in [0.2, 0.25) is 0 Å². The third kappa shape index (κ3) is 3.20. The molecule has 0 spiro atoms. The van der Waals surface area contributed by atoms with Gasteiger partial charge in [0.25, 0.3) is 0 Å². The number of aromatic nitrogens is 1. The highest BCUT2D eigenvalue weighted by Crippen LogP contribution is 2.28. The molecule has 0 amide bonds. The quantitative estimate of drug-likeness (QED) is 0.803. The van der Waals surface area contributed by atoms with Crippen molar-refractivity contribution < 1.29 is 4.74 Å². The lowest BCUT2D eigenvalue weighted by Crippen LogP contribution is -2.26. The van der Waals surface area contributed by atoms with Crippen LogP contribution in [0.3, 0.4) is 0 Å². The summed E-state index contributed by atoms with van der Waals surface area (Å²) in [6.07, 6.45) is 4.73. The summed E-state index contributed by atoms with van der Waals surface area (Å²) in [5.41, 5.74) is 1.20. The fraction of sp³-hybridized carbons (Fsp3) is 0.615. The topological polar surface area (TPSA) is 34.2 Å². The summed E-state index contributed by atoms with van der Waals surface area (Å²) in [6, 6.07) is 2.37. The molecule has 1 heterocycles. The Labute approximate surface area is 98.2 Å². The molecule has 16 heavy (non-hydrogen) atoms. The Morgan fingerprint density at radius 2 is 2.19 bits per heavy atom. The number of nitrogens with one attached hydrogen (secondary N) is 1. The predicted octanol–water partition coefficient (Wildman–Crippen LogP) is 2.79. The molecule has 0 saturated carbocycles. The standard InChI is InChI=1S/C13H22N2O/c1-5-7-15-13(10(2)3)11-6-8-14-9-12(11)16-4/h6,8-10,13,15H,5,7H2,1-4H3. The molecule has 1 unspecified atom stereocenters. The van der Waals surface area contributed by atoms with Crippen LogP contribution in [0.2, 0.25) is 0 Å². The van der Waals surface area contributed by atoms with E-state index in [1.807, 2.05) is 12.3 Å². The second-order valence-electron chi connectivity index (χ2n) is 4.29. The van der Waals surface area contributed by atoms with Crippen LogP contribution in [0.25, 0.3) is 0 Å². The van der Waals surface area contributed by atoms with Crippen LogP contribution in [-0.4, -0.2) is 18.6 Å². The van der Waals surface area contributed by atoms with Crippen LogP contribution in [-0.2, 0) is 0 Å². The van der Waals surface area contributed by atoms with Crippen LogP contribution in [0.5, 0.6) is 5.75 Å². The van der Waals surface area contributed by atoms with E-state index < -0.39 is 0 Å². The smallest absolute Gasteiger partial charge is 0.141 e. The lowest BCUT2D eigenvalue weighted by molar-refractivity contribution is 0.369. The van der Waals surface area contributed by atoms with Gasteiger partial charge in [-0.1, -0.05) is 20.8 Å². The zero-order valence-corrected chi connectivity index (χ0v) is 10.7. The minimum Gasteiger partial charge on any atom is -0.495 e. The SMILES string of the molecule is CCCNC(c1ccncc1OC)C(C)C. The van der Waals surface area contributed by atoms with Gasteiger partial charge < -0.3 is 10.1 Å². The molecule has 1 rings (SSSR count). The summed E-state index contributed by atoms with van der Waals surface area (Å²) >= 11 is 0. The first kappa shape index (κ1) is 13.0. The average Bonchev–Trinajstić information content (AvgIpc) is 2.29. The first-order chi connectivity index (χ1) is 7.70. The number of hydrogen-bond donors (Lipinski definition) is 1. The van der Waals surface area contributed by atoms with Crippen LogP contribution in [0.4, 0.5) is 0 Å². The summed E-state index contributed by atoms with van der Waals surface area (Å²) in [5.74, 6) is 1.40. The van der Waals surface area contributed by atoms with Gasteiger partial charge in [-0.3, -0.25) is 4.98 Å². The molecule has 0 saturated heterocycles. The molecule has 3 nitrogen and oxygen atoms in total. The van der Waals surface area contributed by atoms with Crippen LogP contribution >= 0.6 is 0 Å². The third-order valence-corrected chi connectivity index (χ3v) is 2.65. The van der Waals surface area contributed by atoms with Gasteiger partial charge in [0.1, 0.15) is 5.75 Å². The van der Waals surface area contributed by atoms with Crippen LogP contribution in [0, 0.1) is 5.92 Å². The molecule has 0 fully saturated rings. The maximum Gasteiger partial charge on any atom is 0.141 e. The minimum absolute atomic E-state index is 0.331. The van der Waals surface area contributed by atoms with Crippen molar-refractivity contribution in [3.05, 3.63) is 24.0 Å². The fourth-order valence-corrected chi connectivity index (χ4v) is 1.82. The Bertz CT molecular complexity index is 313. The summed E-state index contributed by atoms with van der Waals surface area (Å²) < 4.78 is 5.35. The average molecular weight is 222 g/mol. The maximum atomic E-state index is 5.35. The van der Waals surface area contributed by atoms with Gasteiger partial charge >= 0.3 is 0 Å². The van der Waals surface area contributed by atoms with E-state index in [0.29, 0.717) is 12.0 Å². The number of hydrogen-bond acceptors (Lipinski definition) is 3. The normalized spacial score (nSPS) is 12.8. The summed E-state index contributed by atoms with van der Waals surface area (Å²) in [7, 11) is 1.69. The molecule has 0 aliphatic heterocycles. The Morgan fingerprint density at radius 3 is 2.75 bits per heavy atom. The van der Waals surface area contributed by atoms with Crippen molar-refractivity contribution >= 4 is 0 Å². The van der Waals surface area contributed by atoms with E-state index in [-0.39, 0.29) is 0 Å². The molecule has 0 radical (unpaired) electrons. The minimum atomic E-state index is 0.331. The van der Waals surface area contributed by atoms with Gasteiger partial charge in [-0.15, -0.1) is 0 Å². The van der Waals surface area contributed by atoms with Crippen molar-refractivity contribution in [2.75, 3.05) is 13.7 Å². The largest absolute Gasteiger partial charge is 0.495 e. The molecular weight excluding hydrogens is 200 g/mol. The first-order valence-electron chi connectivity index (χ1n) is 5.92. The molecular formula is C13H22N2O. The van der Waals surface area contributed by atoms with E-state index in [9.17, 15) is 0 Å². The van der Waals surface area contributed by atoms with Crippen molar-refractivity contribution in [1.29, 1.82) is 0 Å². The first-order valence-corrected chi connectivity index (χ1v) is 5.92. The Kier molecular flexibility index (Phi) is 5.26. The van der Waals surface area contributed by atoms with Crippen molar-refractivity contribution in [2.24, 2.45) is 5.92 Å². The van der Waals surface area contributed by atoms with E-state index in [1.54, 1.807) is 13.3 Å². The molecule has 0 bridgehead atoms. The molecule has 1 aromatic heterocycles. The van der Waals surface area contributed by atoms with Gasteiger partial charge in [0.05, 0.1) is 13.3 Å². The van der Waals surface area contributed by atoms with Gasteiger partial charge in [-0.25, -0.2) is 0 Å². The van der Waals surface area contributed by atoms with E-state index in [0.717, 1.165) is 18.7 Å². The number of pyridine rings is 1. The van der Waals surface area contributed by atoms with Crippen molar-refractivity contribution in [2.45, 2.75) is 33.2 Å². The van der Waals surface area contributed by atoms with Crippen LogP contribution < -0.4 is 10.1 Å². The number of ether oxygens (including phenoxy) is 1.